The molecule has 1 N–H and O–H groups in total. The molecule has 1 aromatic heterocycles. The lowest BCUT2D eigenvalue weighted by Gasteiger charge is -2.28. The number of nitro benzene ring substituents is 1. The van der Waals surface area contributed by atoms with Gasteiger partial charge in [-0.25, -0.2) is 0 Å². The number of carbonyl (C=O) groups is 1. The molecule has 9 nitrogen and oxygen atoms in total. The van der Waals surface area contributed by atoms with E-state index >= 15 is 0 Å². The number of nitro groups is 1. The summed E-state index contributed by atoms with van der Waals surface area (Å²) in [6.07, 6.45) is 5.82. The fourth-order valence-electron chi connectivity index (χ4n) is 3.46. The zero-order valence-corrected chi connectivity index (χ0v) is 17.1. The molecule has 1 atom stereocenters. The van der Waals surface area contributed by atoms with Crippen LogP contribution in [0.25, 0.3) is 0 Å². The summed E-state index contributed by atoms with van der Waals surface area (Å²) in [6, 6.07) is 6.37. The molecule has 1 saturated heterocycles. The van der Waals surface area contributed by atoms with Gasteiger partial charge in [-0.3, -0.25) is 19.5 Å². The second-order valence-electron chi connectivity index (χ2n) is 7.49. The number of amides is 1. The Morgan fingerprint density at radius 2 is 2.03 bits per heavy atom. The highest BCUT2D eigenvalue weighted by Gasteiger charge is 2.33. The van der Waals surface area contributed by atoms with E-state index in [0.29, 0.717) is 11.7 Å². The molecule has 154 valence electrons. The van der Waals surface area contributed by atoms with Crippen molar-refractivity contribution in [2.24, 2.45) is 0 Å². The highest BCUT2D eigenvalue weighted by Crippen LogP contribution is 2.42. The molecule has 4 rings (SSSR count). The number of hydrogen-bond donors (Lipinski definition) is 1. The molecule has 1 amide bonds. The molecule has 2 aliphatic rings. The number of carbonyl (C=O) groups excluding carboxylic acids is 1. The highest BCUT2D eigenvalue weighted by atomic mass is 32.2. The minimum Gasteiger partial charge on any atom is -0.341 e. The Hall–Kier alpha value is -2.62. The number of anilines is 2. The molecule has 2 heterocycles. The van der Waals surface area contributed by atoms with Crippen LogP contribution in [0.2, 0.25) is 0 Å². The van der Waals surface area contributed by atoms with Gasteiger partial charge >= 0.3 is 0 Å². The summed E-state index contributed by atoms with van der Waals surface area (Å²) in [5.41, 5.74) is 0.358. The Labute approximate surface area is 173 Å². The van der Waals surface area contributed by atoms with Crippen molar-refractivity contribution >= 4 is 35.0 Å². The Balaban J connectivity index is 1.46. The summed E-state index contributed by atoms with van der Waals surface area (Å²) in [4.78, 5) is 25.4. The smallest absolute Gasteiger partial charge is 0.271 e. The van der Waals surface area contributed by atoms with Crippen molar-refractivity contribution in [1.82, 2.24) is 14.8 Å². The molecular weight excluding hydrogens is 392 g/mol. The summed E-state index contributed by atoms with van der Waals surface area (Å²) < 4.78 is 2.19. The first-order chi connectivity index (χ1) is 14.0. The number of aromatic nitrogens is 3. The first kappa shape index (κ1) is 19.7. The van der Waals surface area contributed by atoms with E-state index in [1.165, 1.54) is 43.2 Å². The summed E-state index contributed by atoms with van der Waals surface area (Å²) in [7, 11) is 0. The number of hydrogen-bond acceptors (Lipinski definition) is 7. The van der Waals surface area contributed by atoms with Crippen LogP contribution in [0.4, 0.5) is 17.3 Å². The van der Waals surface area contributed by atoms with Crippen molar-refractivity contribution in [3.63, 3.8) is 0 Å². The molecule has 1 unspecified atom stereocenters. The topological polar surface area (TPSA) is 106 Å². The second-order valence-corrected chi connectivity index (χ2v) is 8.80. The molecular formula is C19H24N6O3S. The molecule has 0 spiro atoms. The minimum absolute atomic E-state index is 0.0530. The van der Waals surface area contributed by atoms with Crippen LogP contribution >= 0.6 is 11.8 Å². The van der Waals surface area contributed by atoms with E-state index in [1.54, 1.807) is 12.1 Å². The SMILES string of the molecule is CC(Sc1nnc(N2CCCCC2)n1C1CC1)C(=O)Nc1cccc([N+](=O)[O-])c1. The summed E-state index contributed by atoms with van der Waals surface area (Å²) in [6.45, 7) is 3.81. The monoisotopic (exact) mass is 416 g/mol. The normalized spacial score (nSPS) is 17.8. The number of benzene rings is 1. The van der Waals surface area contributed by atoms with Gasteiger partial charge in [0.2, 0.25) is 11.9 Å². The van der Waals surface area contributed by atoms with Crippen molar-refractivity contribution in [2.45, 2.75) is 55.5 Å². The molecule has 1 saturated carbocycles. The van der Waals surface area contributed by atoms with E-state index in [-0.39, 0.29) is 11.6 Å². The Bertz CT molecular complexity index is 907. The van der Waals surface area contributed by atoms with E-state index < -0.39 is 10.2 Å². The van der Waals surface area contributed by atoms with Gasteiger partial charge in [0.25, 0.3) is 5.69 Å². The van der Waals surface area contributed by atoms with E-state index in [2.05, 4.69) is 25.0 Å². The number of nitrogens with zero attached hydrogens (tertiary/aromatic N) is 5. The van der Waals surface area contributed by atoms with Gasteiger partial charge in [-0.15, -0.1) is 10.2 Å². The Morgan fingerprint density at radius 3 is 2.72 bits per heavy atom. The summed E-state index contributed by atoms with van der Waals surface area (Å²) >= 11 is 1.38. The Kier molecular flexibility index (Phi) is 5.70. The van der Waals surface area contributed by atoms with Gasteiger partial charge in [0.05, 0.1) is 10.2 Å². The fourth-order valence-corrected chi connectivity index (χ4v) is 4.38. The summed E-state index contributed by atoms with van der Waals surface area (Å²) in [5, 5.41) is 22.9. The maximum atomic E-state index is 12.6. The van der Waals surface area contributed by atoms with Gasteiger partial charge in [-0.05, 0) is 45.1 Å². The molecule has 0 bridgehead atoms. The molecule has 1 aliphatic heterocycles. The molecule has 29 heavy (non-hydrogen) atoms. The number of thioether (sulfide) groups is 1. The van der Waals surface area contributed by atoms with Gasteiger partial charge in [-0.2, -0.15) is 0 Å². The third-order valence-corrected chi connectivity index (χ3v) is 6.23. The van der Waals surface area contributed by atoms with Crippen molar-refractivity contribution in [1.29, 1.82) is 0 Å². The second kappa shape index (κ2) is 8.40. The lowest BCUT2D eigenvalue weighted by Crippen LogP contribution is -2.32. The van der Waals surface area contributed by atoms with E-state index in [4.69, 9.17) is 0 Å². The summed E-state index contributed by atoms with van der Waals surface area (Å²) in [5.74, 6) is 0.696. The first-order valence-electron chi connectivity index (χ1n) is 9.95. The van der Waals surface area contributed by atoms with Gasteiger partial charge < -0.3 is 10.2 Å². The van der Waals surface area contributed by atoms with E-state index in [9.17, 15) is 14.9 Å². The van der Waals surface area contributed by atoms with Gasteiger partial charge in [0.15, 0.2) is 5.16 Å². The fraction of sp³-hybridized carbons (Fsp3) is 0.526. The zero-order valence-electron chi connectivity index (χ0n) is 16.3. The third-order valence-electron chi connectivity index (χ3n) is 5.17. The molecule has 1 aromatic carbocycles. The predicted octanol–water partition coefficient (Wildman–Crippen LogP) is 3.63. The average molecular weight is 417 g/mol. The molecule has 10 heteroatoms. The molecule has 1 aliphatic carbocycles. The van der Waals surface area contributed by atoms with Crippen molar-refractivity contribution in [3.05, 3.63) is 34.4 Å². The van der Waals surface area contributed by atoms with Gasteiger partial charge in [0.1, 0.15) is 0 Å². The maximum absolute atomic E-state index is 12.6. The average Bonchev–Trinajstić information content (AvgIpc) is 3.48. The number of non-ortho nitro benzene ring substituents is 1. The number of piperidine rings is 1. The molecule has 2 fully saturated rings. The lowest BCUT2D eigenvalue weighted by molar-refractivity contribution is -0.384. The van der Waals surface area contributed by atoms with Crippen molar-refractivity contribution in [2.75, 3.05) is 23.3 Å². The Morgan fingerprint density at radius 1 is 1.28 bits per heavy atom. The van der Waals surface area contributed by atoms with Crippen molar-refractivity contribution < 1.29 is 9.72 Å². The zero-order chi connectivity index (χ0) is 20.4. The van der Waals surface area contributed by atoms with E-state index in [0.717, 1.165) is 37.0 Å². The minimum atomic E-state index is -0.478. The van der Waals surface area contributed by atoms with Crippen molar-refractivity contribution in [3.8, 4) is 0 Å². The van der Waals surface area contributed by atoms with Crippen LogP contribution in [0, 0.1) is 10.1 Å². The third kappa shape index (κ3) is 4.52. The van der Waals surface area contributed by atoms with Gasteiger partial charge in [0, 0.05) is 37.0 Å². The van der Waals surface area contributed by atoms with Crippen LogP contribution in [0.15, 0.2) is 29.4 Å². The maximum Gasteiger partial charge on any atom is 0.271 e. The van der Waals surface area contributed by atoms with Crippen LogP contribution < -0.4 is 10.2 Å². The van der Waals surface area contributed by atoms with Gasteiger partial charge in [-0.1, -0.05) is 17.8 Å². The molecule has 2 aromatic rings. The first-order valence-corrected chi connectivity index (χ1v) is 10.8. The van der Waals surface area contributed by atoms with Crippen LogP contribution in [0.3, 0.4) is 0 Å². The van der Waals surface area contributed by atoms with Crippen LogP contribution in [0.5, 0.6) is 0 Å². The molecule has 0 radical (unpaired) electrons. The lowest BCUT2D eigenvalue weighted by atomic mass is 10.1. The highest BCUT2D eigenvalue weighted by molar-refractivity contribution is 8.00. The standard InChI is InChI=1S/C19H24N6O3S/c1-13(17(26)20-14-6-5-7-16(12-14)25(27)28)29-19-22-21-18(24(19)15-8-9-15)23-10-3-2-4-11-23/h5-7,12-13,15H,2-4,8-11H2,1H3,(H,20,26). The van der Waals surface area contributed by atoms with E-state index in [1.807, 2.05) is 6.92 Å². The van der Waals surface area contributed by atoms with Crippen LogP contribution in [-0.4, -0.2) is 43.9 Å². The number of nitrogens with one attached hydrogen (secondary N) is 1. The quantitative estimate of drug-likeness (QED) is 0.417. The largest absolute Gasteiger partial charge is 0.341 e. The predicted molar refractivity (Wildman–Crippen MR) is 111 cm³/mol. The van der Waals surface area contributed by atoms with Crippen LogP contribution in [-0.2, 0) is 4.79 Å². The number of rotatable bonds is 7. The van der Waals surface area contributed by atoms with Crippen LogP contribution in [0.1, 0.15) is 45.1 Å².